The lowest BCUT2D eigenvalue weighted by Crippen LogP contribution is -2.12. The van der Waals surface area contributed by atoms with E-state index in [1.54, 1.807) is 0 Å². The Hall–Kier alpha value is -1.52. The van der Waals surface area contributed by atoms with Crippen molar-refractivity contribution in [2.24, 2.45) is 4.99 Å². The Labute approximate surface area is 110 Å². The van der Waals surface area contributed by atoms with E-state index in [-0.39, 0.29) is 0 Å². The number of thioether (sulfide) groups is 1. The van der Waals surface area contributed by atoms with Gasteiger partial charge in [-0.25, -0.2) is 4.99 Å². The van der Waals surface area contributed by atoms with Gasteiger partial charge in [0.05, 0.1) is 11.2 Å². The number of aromatic amines is 1. The van der Waals surface area contributed by atoms with Crippen LogP contribution in [0.15, 0.2) is 27.8 Å². The lowest BCUT2D eigenvalue weighted by Gasteiger charge is -1.99. The fraction of sp³-hybridized carbons (Fsp3) is 0.100. The Morgan fingerprint density at radius 2 is 2.47 bits per heavy atom. The number of aliphatic imine (C=N–C) groups is 1. The molecule has 2 rings (SSSR count). The molecule has 1 heterocycles. The Morgan fingerprint density at radius 3 is 3.18 bits per heavy atom. The van der Waals surface area contributed by atoms with Crippen LogP contribution in [0.4, 0.5) is 5.69 Å². The monoisotopic (exact) mass is 309 g/mol. The highest BCUT2D eigenvalue weighted by atomic mass is 79.9. The van der Waals surface area contributed by atoms with Crippen LogP contribution in [0.3, 0.4) is 0 Å². The van der Waals surface area contributed by atoms with Crippen LogP contribution in [-0.4, -0.2) is 21.6 Å². The number of amidine groups is 1. The largest absolute Gasteiger partial charge is 0.271 e. The van der Waals surface area contributed by atoms with Gasteiger partial charge < -0.3 is 0 Å². The second kappa shape index (κ2) is 5.21. The van der Waals surface area contributed by atoms with Crippen molar-refractivity contribution in [3.63, 3.8) is 0 Å². The number of nitrogens with one attached hydrogen (secondary N) is 2. The zero-order valence-electron chi connectivity index (χ0n) is 8.86. The van der Waals surface area contributed by atoms with E-state index in [2.05, 4.69) is 36.4 Å². The van der Waals surface area contributed by atoms with E-state index in [1.165, 1.54) is 11.8 Å². The quantitative estimate of drug-likeness (QED) is 0.367. The van der Waals surface area contributed by atoms with E-state index in [0.29, 0.717) is 5.17 Å². The van der Waals surface area contributed by atoms with Crippen LogP contribution in [0, 0.1) is 11.5 Å². The van der Waals surface area contributed by atoms with Gasteiger partial charge in [0.15, 0.2) is 11.4 Å². The van der Waals surface area contributed by atoms with Crippen molar-refractivity contribution in [2.45, 2.75) is 0 Å². The van der Waals surface area contributed by atoms with Crippen molar-refractivity contribution in [1.29, 1.82) is 5.26 Å². The van der Waals surface area contributed by atoms with Gasteiger partial charge in [-0.05, 0) is 40.4 Å². The van der Waals surface area contributed by atoms with E-state index in [4.69, 9.17) is 5.26 Å². The SMILES string of the molecule is CSC(=Nc1ccc2n[nH]c(Br)c2c1)NC#N. The zero-order valence-corrected chi connectivity index (χ0v) is 11.3. The second-order valence-electron chi connectivity index (χ2n) is 3.10. The highest BCUT2D eigenvalue weighted by Gasteiger charge is 2.04. The summed E-state index contributed by atoms with van der Waals surface area (Å²) < 4.78 is 0.823. The van der Waals surface area contributed by atoms with E-state index in [0.717, 1.165) is 21.2 Å². The Kier molecular flexibility index (Phi) is 3.66. The number of H-pyrrole nitrogens is 1. The number of hydrogen-bond donors (Lipinski definition) is 2. The maximum Gasteiger partial charge on any atom is 0.183 e. The standard InChI is InChI=1S/C10H8BrN5S/c1-17-10(13-5-12)14-6-2-3-8-7(4-6)9(11)16-15-8/h2-4H,1H3,(H,13,14)(H,15,16). The van der Waals surface area contributed by atoms with Crippen LogP contribution >= 0.6 is 27.7 Å². The summed E-state index contributed by atoms with van der Waals surface area (Å²) in [4.78, 5) is 4.32. The van der Waals surface area contributed by atoms with Gasteiger partial charge in [0.1, 0.15) is 4.60 Å². The fourth-order valence-corrected chi connectivity index (χ4v) is 2.08. The van der Waals surface area contributed by atoms with Gasteiger partial charge in [0.25, 0.3) is 0 Å². The molecular weight excluding hydrogens is 302 g/mol. The smallest absolute Gasteiger partial charge is 0.183 e. The summed E-state index contributed by atoms with van der Waals surface area (Å²) in [7, 11) is 0. The summed E-state index contributed by atoms with van der Waals surface area (Å²) in [6, 6.07) is 5.63. The van der Waals surface area contributed by atoms with Crippen molar-refractivity contribution in [3.8, 4) is 6.19 Å². The fourth-order valence-electron chi connectivity index (χ4n) is 1.33. The number of aromatic nitrogens is 2. The normalized spacial score (nSPS) is 11.5. The van der Waals surface area contributed by atoms with Gasteiger partial charge in [-0.2, -0.15) is 10.4 Å². The average molecular weight is 310 g/mol. The third-order valence-corrected chi connectivity index (χ3v) is 3.26. The van der Waals surface area contributed by atoms with Crippen LogP contribution in [-0.2, 0) is 0 Å². The Morgan fingerprint density at radius 1 is 1.65 bits per heavy atom. The third kappa shape index (κ3) is 2.60. The lowest BCUT2D eigenvalue weighted by molar-refractivity contribution is 1.10. The summed E-state index contributed by atoms with van der Waals surface area (Å²) >= 11 is 4.76. The molecule has 0 atom stereocenters. The molecule has 0 aliphatic carbocycles. The molecule has 2 aromatic rings. The Balaban J connectivity index is 2.42. The topological polar surface area (TPSA) is 76.9 Å². The van der Waals surface area contributed by atoms with Crippen molar-refractivity contribution in [3.05, 3.63) is 22.8 Å². The highest BCUT2D eigenvalue weighted by molar-refractivity contribution is 9.10. The molecule has 0 aliphatic heterocycles. The van der Waals surface area contributed by atoms with Crippen molar-refractivity contribution in [2.75, 3.05) is 6.26 Å². The zero-order chi connectivity index (χ0) is 12.3. The molecular formula is C10H8BrN5S. The summed E-state index contributed by atoms with van der Waals surface area (Å²) in [6.07, 6.45) is 3.71. The van der Waals surface area contributed by atoms with E-state index in [9.17, 15) is 0 Å². The van der Waals surface area contributed by atoms with Gasteiger partial charge in [0.2, 0.25) is 0 Å². The number of benzene rings is 1. The molecule has 5 nitrogen and oxygen atoms in total. The van der Waals surface area contributed by atoms with Gasteiger partial charge in [-0.15, -0.1) is 0 Å². The molecule has 0 unspecified atom stereocenters. The summed E-state index contributed by atoms with van der Waals surface area (Å²) in [5.41, 5.74) is 1.64. The van der Waals surface area contributed by atoms with Crippen molar-refractivity contribution < 1.29 is 0 Å². The molecule has 1 aromatic heterocycles. The summed E-state index contributed by atoms with van der Waals surface area (Å²) in [6.45, 7) is 0. The highest BCUT2D eigenvalue weighted by Crippen LogP contribution is 2.25. The lowest BCUT2D eigenvalue weighted by atomic mass is 10.2. The number of halogens is 1. The molecule has 17 heavy (non-hydrogen) atoms. The molecule has 0 amide bonds. The minimum Gasteiger partial charge on any atom is -0.271 e. The van der Waals surface area contributed by atoms with E-state index >= 15 is 0 Å². The van der Waals surface area contributed by atoms with E-state index in [1.807, 2.05) is 30.6 Å². The first kappa shape index (κ1) is 12.0. The summed E-state index contributed by atoms with van der Waals surface area (Å²) in [5.74, 6) is 0. The molecule has 0 bridgehead atoms. The van der Waals surface area contributed by atoms with Gasteiger partial charge in [-0.1, -0.05) is 11.8 Å². The molecule has 0 radical (unpaired) electrons. The molecule has 0 saturated carbocycles. The molecule has 1 aromatic carbocycles. The molecule has 2 N–H and O–H groups in total. The Bertz CT molecular complexity index is 613. The van der Waals surface area contributed by atoms with Crippen LogP contribution in [0.1, 0.15) is 0 Å². The van der Waals surface area contributed by atoms with Crippen LogP contribution in [0.25, 0.3) is 10.9 Å². The predicted octanol–water partition coefficient (Wildman–Crippen LogP) is 2.75. The number of hydrogen-bond acceptors (Lipinski definition) is 4. The molecule has 86 valence electrons. The first-order chi connectivity index (χ1) is 8.24. The average Bonchev–Trinajstić information content (AvgIpc) is 2.70. The maximum absolute atomic E-state index is 8.55. The predicted molar refractivity (Wildman–Crippen MR) is 73.2 cm³/mol. The first-order valence-electron chi connectivity index (χ1n) is 4.66. The van der Waals surface area contributed by atoms with Crippen LogP contribution < -0.4 is 5.32 Å². The first-order valence-corrected chi connectivity index (χ1v) is 6.68. The van der Waals surface area contributed by atoms with Gasteiger partial charge >= 0.3 is 0 Å². The molecule has 0 fully saturated rings. The number of fused-ring (bicyclic) bond motifs is 1. The van der Waals surface area contributed by atoms with Crippen molar-refractivity contribution >= 4 is 49.4 Å². The minimum absolute atomic E-state index is 0.562. The molecule has 0 aliphatic rings. The van der Waals surface area contributed by atoms with E-state index < -0.39 is 0 Å². The number of nitrogens with zero attached hydrogens (tertiary/aromatic N) is 3. The number of nitriles is 1. The summed E-state index contributed by atoms with van der Waals surface area (Å²) in [5, 5.41) is 19.5. The van der Waals surface area contributed by atoms with Crippen LogP contribution in [0.2, 0.25) is 0 Å². The number of rotatable bonds is 1. The second-order valence-corrected chi connectivity index (χ2v) is 4.68. The van der Waals surface area contributed by atoms with Crippen molar-refractivity contribution in [1.82, 2.24) is 15.5 Å². The maximum atomic E-state index is 8.55. The van der Waals surface area contributed by atoms with Crippen LogP contribution in [0.5, 0.6) is 0 Å². The van der Waals surface area contributed by atoms with Gasteiger partial charge in [-0.3, -0.25) is 10.4 Å². The molecule has 0 spiro atoms. The molecule has 7 heteroatoms. The minimum atomic E-state index is 0.562. The molecule has 0 saturated heterocycles. The van der Waals surface area contributed by atoms with Gasteiger partial charge in [0, 0.05) is 5.39 Å². The third-order valence-electron chi connectivity index (χ3n) is 2.08.